The molecule has 82 valence electrons. The van der Waals surface area contributed by atoms with E-state index in [9.17, 15) is 0 Å². The van der Waals surface area contributed by atoms with Crippen LogP contribution in [0, 0.1) is 0 Å². The first kappa shape index (κ1) is 10.4. The van der Waals surface area contributed by atoms with Crippen LogP contribution in [0.3, 0.4) is 0 Å². The Labute approximate surface area is 91.5 Å². The fourth-order valence-corrected chi connectivity index (χ4v) is 2.11. The van der Waals surface area contributed by atoms with Gasteiger partial charge in [-0.2, -0.15) is 0 Å². The van der Waals surface area contributed by atoms with E-state index in [0.29, 0.717) is 6.04 Å². The number of rotatable bonds is 3. The number of anilines is 1. The summed E-state index contributed by atoms with van der Waals surface area (Å²) in [6.07, 6.45) is 7.69. The Morgan fingerprint density at radius 1 is 1.40 bits per heavy atom. The van der Waals surface area contributed by atoms with E-state index in [0.717, 1.165) is 6.54 Å². The summed E-state index contributed by atoms with van der Waals surface area (Å²) in [7, 11) is 2.14. The first-order valence-corrected chi connectivity index (χ1v) is 5.71. The first-order valence-electron chi connectivity index (χ1n) is 5.71. The molecule has 0 aromatic carbocycles. The standard InChI is InChI=1S/C12H19N3/c1-15(12-5-8-13-9-6-12)10-11-4-2-3-7-14-11/h5-6,8-9,11,14H,2-4,7,10H2,1H3. The van der Waals surface area contributed by atoms with E-state index in [-0.39, 0.29) is 0 Å². The Hall–Kier alpha value is -1.09. The van der Waals surface area contributed by atoms with Gasteiger partial charge in [-0.3, -0.25) is 4.98 Å². The van der Waals surface area contributed by atoms with Crippen LogP contribution in [-0.4, -0.2) is 31.2 Å². The third-order valence-electron chi connectivity index (χ3n) is 3.01. The van der Waals surface area contributed by atoms with Crippen LogP contribution >= 0.6 is 0 Å². The molecule has 1 unspecified atom stereocenters. The maximum atomic E-state index is 4.03. The van der Waals surface area contributed by atoms with Gasteiger partial charge in [0.1, 0.15) is 0 Å². The molecule has 1 aliphatic rings. The van der Waals surface area contributed by atoms with E-state index in [1.54, 1.807) is 0 Å². The van der Waals surface area contributed by atoms with Crippen molar-refractivity contribution >= 4 is 5.69 Å². The van der Waals surface area contributed by atoms with Crippen molar-refractivity contribution in [3.05, 3.63) is 24.5 Å². The SMILES string of the molecule is CN(CC1CCCCN1)c1ccncc1. The van der Waals surface area contributed by atoms with Gasteiger partial charge in [0.15, 0.2) is 0 Å². The highest BCUT2D eigenvalue weighted by molar-refractivity contribution is 5.43. The van der Waals surface area contributed by atoms with Gasteiger partial charge in [0.05, 0.1) is 0 Å². The van der Waals surface area contributed by atoms with Crippen molar-refractivity contribution in [3.63, 3.8) is 0 Å². The van der Waals surface area contributed by atoms with Gasteiger partial charge in [0, 0.05) is 37.7 Å². The molecule has 1 saturated heterocycles. The van der Waals surface area contributed by atoms with E-state index in [1.165, 1.54) is 31.5 Å². The number of likely N-dealkylation sites (N-methyl/N-ethyl adjacent to an activating group) is 1. The van der Waals surface area contributed by atoms with E-state index in [1.807, 2.05) is 12.4 Å². The molecular formula is C12H19N3. The van der Waals surface area contributed by atoms with Crippen molar-refractivity contribution in [2.45, 2.75) is 25.3 Å². The van der Waals surface area contributed by atoms with Crippen molar-refractivity contribution in [2.75, 3.05) is 25.0 Å². The number of hydrogen-bond acceptors (Lipinski definition) is 3. The van der Waals surface area contributed by atoms with Crippen molar-refractivity contribution in [2.24, 2.45) is 0 Å². The monoisotopic (exact) mass is 205 g/mol. The molecule has 2 rings (SSSR count). The van der Waals surface area contributed by atoms with Crippen LogP contribution in [-0.2, 0) is 0 Å². The molecule has 1 aromatic rings. The summed E-state index contributed by atoms with van der Waals surface area (Å²) in [5.41, 5.74) is 1.25. The van der Waals surface area contributed by atoms with Crippen molar-refractivity contribution in [1.82, 2.24) is 10.3 Å². The molecule has 1 aliphatic heterocycles. The average molecular weight is 205 g/mol. The summed E-state index contributed by atoms with van der Waals surface area (Å²) in [6.45, 7) is 2.26. The third-order valence-corrected chi connectivity index (χ3v) is 3.01. The Bertz CT molecular complexity index is 280. The molecule has 1 atom stereocenters. The lowest BCUT2D eigenvalue weighted by Gasteiger charge is -2.29. The molecule has 0 radical (unpaired) electrons. The van der Waals surface area contributed by atoms with Gasteiger partial charge >= 0.3 is 0 Å². The van der Waals surface area contributed by atoms with Gasteiger partial charge in [-0.05, 0) is 31.5 Å². The summed E-state index contributed by atoms with van der Waals surface area (Å²) in [5.74, 6) is 0. The Morgan fingerprint density at radius 2 is 2.20 bits per heavy atom. The lowest BCUT2D eigenvalue weighted by molar-refractivity contribution is 0.403. The topological polar surface area (TPSA) is 28.2 Å². The minimum Gasteiger partial charge on any atom is -0.373 e. The second kappa shape index (κ2) is 5.12. The number of hydrogen-bond donors (Lipinski definition) is 1. The second-order valence-electron chi connectivity index (χ2n) is 4.23. The van der Waals surface area contributed by atoms with Gasteiger partial charge in [-0.15, -0.1) is 0 Å². The average Bonchev–Trinajstić information content (AvgIpc) is 2.31. The van der Waals surface area contributed by atoms with Crippen LogP contribution in [0.1, 0.15) is 19.3 Å². The quantitative estimate of drug-likeness (QED) is 0.813. The molecule has 1 fully saturated rings. The number of aromatic nitrogens is 1. The molecule has 0 spiro atoms. The normalized spacial score (nSPS) is 21.3. The van der Waals surface area contributed by atoms with E-state index >= 15 is 0 Å². The largest absolute Gasteiger partial charge is 0.373 e. The van der Waals surface area contributed by atoms with Crippen LogP contribution in [0.2, 0.25) is 0 Å². The molecule has 2 heterocycles. The molecule has 0 saturated carbocycles. The molecule has 0 aliphatic carbocycles. The highest BCUT2D eigenvalue weighted by atomic mass is 15.1. The molecule has 1 N–H and O–H groups in total. The van der Waals surface area contributed by atoms with E-state index in [4.69, 9.17) is 0 Å². The van der Waals surface area contributed by atoms with Gasteiger partial charge in [-0.1, -0.05) is 6.42 Å². The maximum Gasteiger partial charge on any atom is 0.0395 e. The van der Waals surface area contributed by atoms with Crippen LogP contribution in [0.4, 0.5) is 5.69 Å². The highest BCUT2D eigenvalue weighted by Crippen LogP contribution is 2.13. The van der Waals surface area contributed by atoms with Gasteiger partial charge < -0.3 is 10.2 Å². The Kier molecular flexibility index (Phi) is 3.56. The first-order chi connectivity index (χ1) is 7.36. The number of pyridine rings is 1. The zero-order chi connectivity index (χ0) is 10.5. The molecule has 0 bridgehead atoms. The second-order valence-corrected chi connectivity index (χ2v) is 4.23. The Morgan fingerprint density at radius 3 is 2.87 bits per heavy atom. The lowest BCUT2D eigenvalue weighted by Crippen LogP contribution is -2.42. The van der Waals surface area contributed by atoms with Gasteiger partial charge in [0.25, 0.3) is 0 Å². The van der Waals surface area contributed by atoms with Crippen molar-refractivity contribution in [1.29, 1.82) is 0 Å². The summed E-state index contributed by atoms with van der Waals surface area (Å²) < 4.78 is 0. The minimum atomic E-state index is 0.650. The van der Waals surface area contributed by atoms with Gasteiger partial charge in [0.2, 0.25) is 0 Å². The molecule has 1 aromatic heterocycles. The number of nitrogens with zero attached hydrogens (tertiary/aromatic N) is 2. The highest BCUT2D eigenvalue weighted by Gasteiger charge is 2.14. The maximum absolute atomic E-state index is 4.03. The van der Waals surface area contributed by atoms with Gasteiger partial charge in [-0.25, -0.2) is 0 Å². The fourth-order valence-electron chi connectivity index (χ4n) is 2.11. The van der Waals surface area contributed by atoms with Crippen molar-refractivity contribution < 1.29 is 0 Å². The predicted molar refractivity (Wildman–Crippen MR) is 63.1 cm³/mol. The van der Waals surface area contributed by atoms with E-state index < -0.39 is 0 Å². The van der Waals surface area contributed by atoms with Crippen LogP contribution < -0.4 is 10.2 Å². The van der Waals surface area contributed by atoms with E-state index in [2.05, 4.69) is 34.4 Å². The lowest BCUT2D eigenvalue weighted by atomic mass is 10.0. The summed E-state index contributed by atoms with van der Waals surface area (Å²) >= 11 is 0. The molecule has 3 heteroatoms. The molecule has 0 amide bonds. The minimum absolute atomic E-state index is 0.650. The van der Waals surface area contributed by atoms with Crippen LogP contribution in [0.25, 0.3) is 0 Å². The molecular weight excluding hydrogens is 186 g/mol. The summed E-state index contributed by atoms with van der Waals surface area (Å²) in [4.78, 5) is 6.33. The smallest absolute Gasteiger partial charge is 0.0395 e. The number of piperidine rings is 1. The predicted octanol–water partition coefficient (Wildman–Crippen LogP) is 1.66. The van der Waals surface area contributed by atoms with Crippen LogP contribution in [0.15, 0.2) is 24.5 Å². The molecule has 15 heavy (non-hydrogen) atoms. The molecule has 3 nitrogen and oxygen atoms in total. The fraction of sp³-hybridized carbons (Fsp3) is 0.583. The summed E-state index contributed by atoms with van der Waals surface area (Å²) in [6, 6.07) is 4.77. The van der Waals surface area contributed by atoms with Crippen LogP contribution in [0.5, 0.6) is 0 Å². The zero-order valence-electron chi connectivity index (χ0n) is 9.32. The van der Waals surface area contributed by atoms with Crippen molar-refractivity contribution in [3.8, 4) is 0 Å². The summed E-state index contributed by atoms with van der Waals surface area (Å²) in [5, 5.41) is 3.56. The number of nitrogens with one attached hydrogen (secondary N) is 1. The Balaban J connectivity index is 1.88. The third kappa shape index (κ3) is 2.93. The zero-order valence-corrected chi connectivity index (χ0v) is 9.32.